The van der Waals surface area contributed by atoms with Crippen LogP contribution in [0.5, 0.6) is 5.75 Å². The molecule has 0 aliphatic carbocycles. The maximum atomic E-state index is 13.9. The van der Waals surface area contributed by atoms with Crippen molar-refractivity contribution in [2.24, 2.45) is 5.92 Å². The van der Waals surface area contributed by atoms with E-state index < -0.39 is 26.4 Å². The van der Waals surface area contributed by atoms with Gasteiger partial charge in [0.1, 0.15) is 12.4 Å². The molecule has 1 fully saturated rings. The number of rotatable bonds is 13. The first kappa shape index (κ1) is 30.6. The molecule has 0 saturated carbocycles. The number of amides is 2. The van der Waals surface area contributed by atoms with Crippen LogP contribution in [0.2, 0.25) is 18.1 Å². The second kappa shape index (κ2) is 13.4. The molecule has 2 aromatic rings. The lowest BCUT2D eigenvalue weighted by Crippen LogP contribution is -2.51. The zero-order chi connectivity index (χ0) is 28.6. The minimum atomic E-state index is -2.27. The molecule has 39 heavy (non-hydrogen) atoms. The Hall–Kier alpha value is -2.94. The van der Waals surface area contributed by atoms with Crippen LogP contribution >= 0.6 is 0 Å². The van der Waals surface area contributed by atoms with Gasteiger partial charge < -0.3 is 18.6 Å². The molecule has 0 N–H and O–H groups in total. The van der Waals surface area contributed by atoms with Crippen molar-refractivity contribution >= 4 is 20.3 Å². The number of benzene rings is 2. The van der Waals surface area contributed by atoms with Crippen LogP contribution < -0.4 is 4.74 Å². The zero-order valence-corrected chi connectivity index (χ0v) is 25.1. The molecule has 2 amide bonds. The number of nitrogens with zero attached hydrogens (tertiary/aromatic N) is 1. The molecule has 0 spiro atoms. The lowest BCUT2D eigenvalue weighted by atomic mass is 9.97. The first-order chi connectivity index (χ1) is 18.5. The Kier molecular flexibility index (Phi) is 10.5. The predicted octanol–water partition coefficient (Wildman–Crippen LogP) is 6.38. The first-order valence-electron chi connectivity index (χ1n) is 13.5. The highest BCUT2D eigenvalue weighted by atomic mass is 28.4. The normalized spacial score (nSPS) is 17.4. The minimum absolute atomic E-state index is 0.0631. The summed E-state index contributed by atoms with van der Waals surface area (Å²) in [6.45, 7) is 15.8. The monoisotopic (exact) mass is 553 g/mol. The Morgan fingerprint density at radius 1 is 1.13 bits per heavy atom. The SMILES string of the molecule is C=CC(C(=O)N1C(=O)OC[C@H]1Cc1ccccc1)C(CCOCc1ccc(OC)cc1)O[Si](C)(C)C(C)(C)C. The van der Waals surface area contributed by atoms with Crippen LogP contribution in [0.1, 0.15) is 38.3 Å². The fourth-order valence-corrected chi connectivity index (χ4v) is 5.69. The van der Waals surface area contributed by atoms with Crippen LogP contribution in [0.25, 0.3) is 0 Å². The second-order valence-electron chi connectivity index (χ2n) is 11.5. The molecule has 2 aromatic carbocycles. The Bertz CT molecular complexity index is 1100. The molecule has 1 aliphatic rings. The summed E-state index contributed by atoms with van der Waals surface area (Å²) in [7, 11) is -0.630. The standard InChI is InChI=1S/C31H43NO6Si/c1-8-27(29(33)32-25(22-37-30(32)34)20-23-12-10-9-11-13-23)28(38-39(6,7)31(2,3)4)18-19-36-21-24-14-16-26(35-5)17-15-24/h8-17,25,27-28H,1,18-22H2,2-7H3/t25-,27?,28?/m1/s1. The van der Waals surface area contributed by atoms with Gasteiger partial charge >= 0.3 is 6.09 Å². The highest BCUT2D eigenvalue weighted by Gasteiger charge is 2.45. The lowest BCUT2D eigenvalue weighted by molar-refractivity contribution is -0.135. The molecular formula is C31H43NO6Si. The van der Waals surface area contributed by atoms with E-state index >= 15 is 0 Å². The molecule has 0 bridgehead atoms. The van der Waals surface area contributed by atoms with Gasteiger partial charge in [0.05, 0.1) is 31.8 Å². The summed E-state index contributed by atoms with van der Waals surface area (Å²) in [6.07, 6.45) is 1.51. The van der Waals surface area contributed by atoms with Crippen LogP contribution in [0.4, 0.5) is 4.79 Å². The van der Waals surface area contributed by atoms with E-state index in [4.69, 9.17) is 18.6 Å². The second-order valence-corrected chi connectivity index (χ2v) is 16.3. The number of hydrogen-bond donors (Lipinski definition) is 0. The topological polar surface area (TPSA) is 74.3 Å². The molecule has 0 aromatic heterocycles. The summed E-state index contributed by atoms with van der Waals surface area (Å²) in [5, 5.41) is -0.0631. The van der Waals surface area contributed by atoms with Gasteiger partial charge in [-0.1, -0.05) is 69.3 Å². The van der Waals surface area contributed by atoms with Gasteiger partial charge in [-0.05, 0) is 54.2 Å². The molecule has 0 radical (unpaired) electrons. The Morgan fingerprint density at radius 3 is 2.38 bits per heavy atom. The van der Waals surface area contributed by atoms with E-state index in [1.165, 1.54) is 4.90 Å². The molecular weight excluding hydrogens is 510 g/mol. The average molecular weight is 554 g/mol. The third-order valence-corrected chi connectivity index (χ3v) is 12.2. The van der Waals surface area contributed by atoms with Gasteiger partial charge in [-0.15, -0.1) is 6.58 Å². The Morgan fingerprint density at radius 2 is 1.79 bits per heavy atom. The molecule has 1 aliphatic heterocycles. The van der Waals surface area contributed by atoms with Crippen LogP contribution in [0, 0.1) is 5.92 Å². The minimum Gasteiger partial charge on any atom is -0.497 e. The van der Waals surface area contributed by atoms with Gasteiger partial charge in [0.25, 0.3) is 0 Å². The Labute approximate surface area is 234 Å². The van der Waals surface area contributed by atoms with E-state index in [9.17, 15) is 9.59 Å². The lowest BCUT2D eigenvalue weighted by Gasteiger charge is -2.41. The largest absolute Gasteiger partial charge is 0.497 e. The van der Waals surface area contributed by atoms with Gasteiger partial charge in [0, 0.05) is 6.61 Å². The number of cyclic esters (lactones) is 1. The van der Waals surface area contributed by atoms with Crippen molar-refractivity contribution < 1.29 is 28.2 Å². The average Bonchev–Trinajstić information content (AvgIpc) is 3.26. The van der Waals surface area contributed by atoms with E-state index in [0.717, 1.165) is 16.9 Å². The van der Waals surface area contributed by atoms with Gasteiger partial charge in [0.2, 0.25) is 5.91 Å². The number of imide groups is 1. The van der Waals surface area contributed by atoms with E-state index in [-0.39, 0.29) is 23.6 Å². The number of ether oxygens (including phenoxy) is 3. The molecule has 3 atom stereocenters. The van der Waals surface area contributed by atoms with Gasteiger partial charge in [0.15, 0.2) is 8.32 Å². The smallest absolute Gasteiger partial charge is 0.417 e. The van der Waals surface area contributed by atoms with Crippen LogP contribution in [-0.2, 0) is 31.7 Å². The number of methoxy groups -OCH3 is 1. The van der Waals surface area contributed by atoms with Crippen molar-refractivity contribution in [1.82, 2.24) is 4.90 Å². The zero-order valence-electron chi connectivity index (χ0n) is 24.1. The summed E-state index contributed by atoms with van der Waals surface area (Å²) in [5.74, 6) is -0.264. The highest BCUT2D eigenvalue weighted by Crippen LogP contribution is 2.39. The van der Waals surface area contributed by atoms with Crippen molar-refractivity contribution in [3.8, 4) is 5.75 Å². The van der Waals surface area contributed by atoms with Crippen molar-refractivity contribution in [2.45, 2.75) is 70.5 Å². The Balaban J connectivity index is 1.76. The van der Waals surface area contributed by atoms with Gasteiger partial charge in [-0.2, -0.15) is 0 Å². The molecule has 212 valence electrons. The summed E-state index contributed by atoms with van der Waals surface area (Å²) in [6, 6.07) is 17.1. The van der Waals surface area contributed by atoms with E-state index in [2.05, 4.69) is 40.4 Å². The van der Waals surface area contributed by atoms with Crippen LogP contribution in [-0.4, -0.2) is 57.7 Å². The van der Waals surface area contributed by atoms with E-state index in [1.807, 2.05) is 54.6 Å². The summed E-state index contributed by atoms with van der Waals surface area (Å²) in [4.78, 5) is 27.9. The van der Waals surface area contributed by atoms with E-state index in [1.54, 1.807) is 13.2 Å². The van der Waals surface area contributed by atoms with Crippen LogP contribution in [0.3, 0.4) is 0 Å². The van der Waals surface area contributed by atoms with Gasteiger partial charge in [-0.3, -0.25) is 4.79 Å². The van der Waals surface area contributed by atoms with Crippen LogP contribution in [0.15, 0.2) is 67.3 Å². The van der Waals surface area contributed by atoms with Crippen molar-refractivity contribution in [3.05, 3.63) is 78.4 Å². The first-order valence-corrected chi connectivity index (χ1v) is 16.4. The van der Waals surface area contributed by atoms with Crippen molar-refractivity contribution in [1.29, 1.82) is 0 Å². The third kappa shape index (κ3) is 8.03. The molecule has 7 nitrogen and oxygen atoms in total. The number of hydrogen-bond acceptors (Lipinski definition) is 6. The molecule has 1 heterocycles. The van der Waals surface area contributed by atoms with Gasteiger partial charge in [-0.25, -0.2) is 9.69 Å². The van der Waals surface area contributed by atoms with Crippen molar-refractivity contribution in [2.75, 3.05) is 20.3 Å². The molecule has 8 heteroatoms. The summed E-state index contributed by atoms with van der Waals surface area (Å²) in [5.41, 5.74) is 2.06. The number of carbonyl (C=O) groups is 2. The summed E-state index contributed by atoms with van der Waals surface area (Å²) >= 11 is 0. The number of carbonyl (C=O) groups excluding carboxylic acids is 2. The maximum Gasteiger partial charge on any atom is 0.417 e. The predicted molar refractivity (Wildman–Crippen MR) is 155 cm³/mol. The highest BCUT2D eigenvalue weighted by molar-refractivity contribution is 6.74. The fraction of sp³-hybridized carbons (Fsp3) is 0.484. The van der Waals surface area contributed by atoms with Crippen molar-refractivity contribution in [3.63, 3.8) is 0 Å². The maximum absolute atomic E-state index is 13.9. The molecule has 1 saturated heterocycles. The van der Waals surface area contributed by atoms with E-state index in [0.29, 0.717) is 26.1 Å². The summed E-state index contributed by atoms with van der Waals surface area (Å²) < 4.78 is 23.3. The quantitative estimate of drug-likeness (QED) is 0.163. The molecule has 3 rings (SSSR count). The molecule has 2 unspecified atom stereocenters. The third-order valence-electron chi connectivity index (χ3n) is 7.68. The fourth-order valence-electron chi connectivity index (χ4n) is 4.32.